The minimum absolute atomic E-state index is 0.0114. The van der Waals surface area contributed by atoms with E-state index in [-0.39, 0.29) is 28.3 Å². The summed E-state index contributed by atoms with van der Waals surface area (Å²) >= 11 is 0. The number of nitro groups is 1. The molecule has 0 bridgehead atoms. The lowest BCUT2D eigenvalue weighted by Crippen LogP contribution is -2.27. The normalized spacial score (nSPS) is 12.1. The van der Waals surface area contributed by atoms with E-state index < -0.39 is 30.7 Å². The van der Waals surface area contributed by atoms with Crippen molar-refractivity contribution in [3.05, 3.63) is 63.7 Å². The molecule has 2 aromatic rings. The van der Waals surface area contributed by atoms with E-state index in [0.717, 1.165) is 6.07 Å². The highest BCUT2D eigenvalue weighted by atomic mass is 32.2. The Hall–Kier alpha value is -2.34. The van der Waals surface area contributed by atoms with Crippen LogP contribution < -0.4 is 9.86 Å². The zero-order valence-electron chi connectivity index (χ0n) is 13.7. The monoisotopic (exact) mass is 399 g/mol. The van der Waals surface area contributed by atoms with Crippen molar-refractivity contribution in [2.45, 2.75) is 23.1 Å². The molecule has 0 aliphatic rings. The van der Waals surface area contributed by atoms with Gasteiger partial charge < -0.3 is 0 Å². The predicted molar refractivity (Wildman–Crippen MR) is 94.5 cm³/mol. The molecule has 0 radical (unpaired) electrons. The molecule has 0 saturated heterocycles. The molecule has 2 aromatic carbocycles. The lowest BCUT2D eigenvalue weighted by atomic mass is 10.2. The van der Waals surface area contributed by atoms with Crippen LogP contribution in [0.15, 0.2) is 52.3 Å². The first-order valence-corrected chi connectivity index (χ1v) is 10.4. The molecule has 0 saturated carbocycles. The van der Waals surface area contributed by atoms with E-state index in [1.165, 1.54) is 43.3 Å². The number of nitrogens with zero attached hydrogens (tertiary/aromatic N) is 1. The molecule has 0 heterocycles. The molecule has 0 amide bonds. The van der Waals surface area contributed by atoms with Crippen LogP contribution in [-0.2, 0) is 26.5 Å². The van der Waals surface area contributed by atoms with Crippen molar-refractivity contribution in [1.82, 2.24) is 4.72 Å². The van der Waals surface area contributed by atoms with Crippen LogP contribution in [0.2, 0.25) is 0 Å². The number of hydrogen-bond donors (Lipinski definition) is 2. The molecule has 11 heteroatoms. The van der Waals surface area contributed by atoms with Crippen LogP contribution in [0.25, 0.3) is 0 Å². The highest BCUT2D eigenvalue weighted by Gasteiger charge is 2.27. The molecule has 0 aromatic heterocycles. The smallest absolute Gasteiger partial charge is 0.258 e. The second-order valence-electron chi connectivity index (χ2n) is 5.52. The van der Waals surface area contributed by atoms with Gasteiger partial charge >= 0.3 is 0 Å². The molecule has 0 aliphatic carbocycles. The second-order valence-corrected chi connectivity index (χ2v) is 8.78. The molecule has 0 fully saturated rings. The van der Waals surface area contributed by atoms with Gasteiger partial charge in [0.25, 0.3) is 5.69 Å². The largest absolute Gasteiger partial charge is 0.289 e. The summed E-state index contributed by atoms with van der Waals surface area (Å²) in [7, 11) is -7.87. The van der Waals surface area contributed by atoms with E-state index in [0.29, 0.717) is 5.56 Å². The SMILES string of the molecule is Cc1cccc([N+](=O)[O-])c1S(=O)(=O)NCCc1ccc(S(N)(=O)=O)cc1. The van der Waals surface area contributed by atoms with Gasteiger partial charge in [-0.3, -0.25) is 10.1 Å². The van der Waals surface area contributed by atoms with Gasteiger partial charge in [0.05, 0.1) is 9.82 Å². The summed E-state index contributed by atoms with van der Waals surface area (Å²) in [5, 5.41) is 16.1. The summed E-state index contributed by atoms with van der Waals surface area (Å²) in [6, 6.07) is 9.71. The number of nitrogens with one attached hydrogen (secondary N) is 1. The van der Waals surface area contributed by atoms with Gasteiger partial charge in [-0.2, -0.15) is 0 Å². The van der Waals surface area contributed by atoms with E-state index >= 15 is 0 Å². The van der Waals surface area contributed by atoms with E-state index in [1.807, 2.05) is 0 Å². The number of hydrogen-bond acceptors (Lipinski definition) is 6. The molecular formula is C15H17N3O6S2. The Labute approximate surface area is 151 Å². The average Bonchev–Trinajstić information content (AvgIpc) is 2.53. The van der Waals surface area contributed by atoms with Crippen LogP contribution in [0.4, 0.5) is 5.69 Å². The lowest BCUT2D eigenvalue weighted by Gasteiger charge is -2.10. The molecule has 0 aliphatic heterocycles. The Morgan fingerprint density at radius 3 is 2.23 bits per heavy atom. The van der Waals surface area contributed by atoms with Crippen molar-refractivity contribution in [1.29, 1.82) is 0 Å². The number of benzene rings is 2. The van der Waals surface area contributed by atoms with Crippen molar-refractivity contribution >= 4 is 25.7 Å². The number of sulfonamides is 2. The molecule has 0 unspecified atom stereocenters. The molecular weight excluding hydrogens is 382 g/mol. The topological polar surface area (TPSA) is 149 Å². The van der Waals surface area contributed by atoms with Gasteiger partial charge in [0.15, 0.2) is 4.90 Å². The molecule has 140 valence electrons. The number of rotatable bonds is 7. The summed E-state index contributed by atoms with van der Waals surface area (Å²) in [5.74, 6) is 0. The van der Waals surface area contributed by atoms with Crippen LogP contribution in [0.1, 0.15) is 11.1 Å². The first-order chi connectivity index (χ1) is 12.0. The van der Waals surface area contributed by atoms with Gasteiger partial charge in [-0.25, -0.2) is 26.7 Å². The summed E-state index contributed by atoms with van der Waals surface area (Å²) in [6.07, 6.45) is 0.268. The van der Waals surface area contributed by atoms with Crippen molar-refractivity contribution in [2.24, 2.45) is 5.14 Å². The van der Waals surface area contributed by atoms with Crippen molar-refractivity contribution in [2.75, 3.05) is 6.54 Å². The Morgan fingerprint density at radius 1 is 1.08 bits per heavy atom. The zero-order valence-corrected chi connectivity index (χ0v) is 15.4. The fourth-order valence-electron chi connectivity index (χ4n) is 2.38. The van der Waals surface area contributed by atoms with E-state index in [2.05, 4.69) is 4.72 Å². The van der Waals surface area contributed by atoms with E-state index in [1.54, 1.807) is 0 Å². The maximum absolute atomic E-state index is 12.4. The van der Waals surface area contributed by atoms with Gasteiger partial charge in [0.2, 0.25) is 20.0 Å². The van der Waals surface area contributed by atoms with Crippen LogP contribution in [0.3, 0.4) is 0 Å². The third kappa shape index (κ3) is 4.64. The molecule has 9 nitrogen and oxygen atoms in total. The highest BCUT2D eigenvalue weighted by Crippen LogP contribution is 2.26. The van der Waals surface area contributed by atoms with Crippen LogP contribution >= 0.6 is 0 Å². The Morgan fingerprint density at radius 2 is 1.69 bits per heavy atom. The number of nitrogens with two attached hydrogens (primary N) is 1. The predicted octanol–water partition coefficient (Wildman–Crippen LogP) is 1.07. The standard InChI is InChI=1S/C15H17N3O6S2/c1-11-3-2-4-14(18(19)20)15(11)26(23,24)17-10-9-12-5-7-13(8-6-12)25(16,21)22/h2-8,17H,9-10H2,1H3,(H2,16,21,22). The number of aryl methyl sites for hydroxylation is 1. The Balaban J connectivity index is 2.14. The Kier molecular flexibility index (Phi) is 5.76. The maximum atomic E-state index is 12.4. The lowest BCUT2D eigenvalue weighted by molar-refractivity contribution is -0.387. The average molecular weight is 399 g/mol. The summed E-state index contributed by atoms with van der Waals surface area (Å²) < 4.78 is 49.6. The molecule has 3 N–H and O–H groups in total. The van der Waals surface area contributed by atoms with Crippen molar-refractivity contribution in [3.8, 4) is 0 Å². The third-order valence-electron chi connectivity index (χ3n) is 3.61. The van der Waals surface area contributed by atoms with Gasteiger partial charge in [-0.15, -0.1) is 0 Å². The zero-order chi connectivity index (χ0) is 19.5. The molecule has 26 heavy (non-hydrogen) atoms. The first-order valence-electron chi connectivity index (χ1n) is 7.38. The van der Waals surface area contributed by atoms with E-state index in [4.69, 9.17) is 5.14 Å². The third-order valence-corrected chi connectivity index (χ3v) is 6.20. The summed E-state index contributed by atoms with van der Waals surface area (Å²) in [5.41, 5.74) is 0.457. The van der Waals surface area contributed by atoms with Gasteiger partial charge in [0, 0.05) is 12.6 Å². The minimum Gasteiger partial charge on any atom is -0.258 e. The van der Waals surface area contributed by atoms with Crippen LogP contribution in [-0.4, -0.2) is 28.3 Å². The molecule has 0 atom stereocenters. The fraction of sp³-hybridized carbons (Fsp3) is 0.200. The molecule has 2 rings (SSSR count). The second kappa shape index (κ2) is 7.50. The first kappa shape index (κ1) is 20.0. The van der Waals surface area contributed by atoms with Crippen molar-refractivity contribution < 1.29 is 21.8 Å². The number of primary sulfonamides is 1. The van der Waals surface area contributed by atoms with Gasteiger partial charge in [-0.1, -0.05) is 24.3 Å². The summed E-state index contributed by atoms with van der Waals surface area (Å²) in [4.78, 5) is 9.93. The van der Waals surface area contributed by atoms with E-state index in [9.17, 15) is 26.9 Å². The van der Waals surface area contributed by atoms with Gasteiger partial charge in [-0.05, 0) is 36.6 Å². The number of nitro benzene ring substituents is 1. The Bertz CT molecular complexity index is 1030. The highest BCUT2D eigenvalue weighted by molar-refractivity contribution is 7.89. The minimum atomic E-state index is -4.08. The van der Waals surface area contributed by atoms with Gasteiger partial charge in [0.1, 0.15) is 0 Å². The van der Waals surface area contributed by atoms with Crippen molar-refractivity contribution in [3.63, 3.8) is 0 Å². The fourth-order valence-corrected chi connectivity index (χ4v) is 4.32. The maximum Gasteiger partial charge on any atom is 0.289 e. The summed E-state index contributed by atoms with van der Waals surface area (Å²) in [6.45, 7) is 1.47. The van der Waals surface area contributed by atoms with Crippen LogP contribution in [0.5, 0.6) is 0 Å². The molecule has 0 spiro atoms. The van der Waals surface area contributed by atoms with Crippen LogP contribution in [0, 0.1) is 17.0 Å². The quantitative estimate of drug-likeness (QED) is 0.525.